The van der Waals surface area contributed by atoms with Gasteiger partial charge in [0.05, 0.1) is 6.54 Å². The van der Waals surface area contributed by atoms with Crippen LogP contribution >= 0.6 is 0 Å². The van der Waals surface area contributed by atoms with Gasteiger partial charge in [-0.2, -0.15) is 0 Å². The molecule has 1 aromatic rings. The molecule has 2 fully saturated rings. The highest BCUT2D eigenvalue weighted by molar-refractivity contribution is 5.95. The molecule has 7 heteroatoms. The van der Waals surface area contributed by atoms with E-state index >= 15 is 0 Å². The van der Waals surface area contributed by atoms with Gasteiger partial charge in [-0.3, -0.25) is 14.5 Å². The number of hydrogen-bond acceptors (Lipinski definition) is 5. The Bertz CT molecular complexity index is 635. The van der Waals surface area contributed by atoms with Crippen molar-refractivity contribution in [2.75, 3.05) is 53.4 Å². The van der Waals surface area contributed by atoms with Crippen LogP contribution in [0.5, 0.6) is 5.75 Å². The lowest BCUT2D eigenvalue weighted by Gasteiger charge is -2.43. The molecule has 1 unspecified atom stereocenters. The predicted octanol–water partition coefficient (Wildman–Crippen LogP) is -0.230. The number of nitrogens with zero attached hydrogens (tertiary/aromatic N) is 3. The van der Waals surface area contributed by atoms with E-state index in [0.29, 0.717) is 26.2 Å². The number of hydrogen-bond donors (Lipinski definition) is 1. The molecule has 0 bridgehead atoms. The maximum atomic E-state index is 12.1. The van der Waals surface area contributed by atoms with E-state index in [1.165, 1.54) is 0 Å². The van der Waals surface area contributed by atoms with Crippen molar-refractivity contribution in [3.8, 4) is 5.75 Å². The van der Waals surface area contributed by atoms with Crippen molar-refractivity contribution in [1.29, 1.82) is 0 Å². The second-order valence-electron chi connectivity index (χ2n) is 6.82. The monoisotopic (exact) mass is 346 g/mol. The Kier molecular flexibility index (Phi) is 5.55. The van der Waals surface area contributed by atoms with Gasteiger partial charge in [0.25, 0.3) is 0 Å². The highest BCUT2D eigenvalue weighted by Gasteiger charge is 2.38. The SMILES string of the molecule is CN(C)CCOc1ccccc1CN1CCN2C(=O)CNC(=O)C2C1. The van der Waals surface area contributed by atoms with Gasteiger partial charge in [-0.15, -0.1) is 0 Å². The summed E-state index contributed by atoms with van der Waals surface area (Å²) in [4.78, 5) is 30.0. The molecule has 0 aliphatic carbocycles. The van der Waals surface area contributed by atoms with E-state index in [4.69, 9.17) is 4.74 Å². The summed E-state index contributed by atoms with van der Waals surface area (Å²) in [5, 5.41) is 2.68. The average molecular weight is 346 g/mol. The minimum absolute atomic E-state index is 0.0108. The minimum Gasteiger partial charge on any atom is -0.492 e. The maximum Gasteiger partial charge on any atom is 0.244 e. The van der Waals surface area contributed by atoms with Crippen molar-refractivity contribution in [2.24, 2.45) is 0 Å². The van der Waals surface area contributed by atoms with Crippen LogP contribution in [0.1, 0.15) is 5.56 Å². The molecule has 0 spiro atoms. The van der Waals surface area contributed by atoms with Gasteiger partial charge < -0.3 is 19.9 Å². The standard InChI is InChI=1S/C18H26N4O3/c1-20(2)9-10-25-16-6-4-3-5-14(16)12-21-7-8-22-15(13-21)18(24)19-11-17(22)23/h3-6,15H,7-13H2,1-2H3,(H,19,24). The fraction of sp³-hybridized carbons (Fsp3) is 0.556. The summed E-state index contributed by atoms with van der Waals surface area (Å²) >= 11 is 0. The zero-order valence-corrected chi connectivity index (χ0v) is 14.9. The molecular formula is C18H26N4O3. The Morgan fingerprint density at radius 3 is 2.84 bits per heavy atom. The summed E-state index contributed by atoms with van der Waals surface area (Å²) in [5.74, 6) is 0.840. The van der Waals surface area contributed by atoms with Gasteiger partial charge in [0, 0.05) is 38.3 Å². The molecule has 2 heterocycles. The molecule has 0 aromatic heterocycles. The molecule has 136 valence electrons. The first-order valence-corrected chi connectivity index (χ1v) is 8.69. The molecule has 25 heavy (non-hydrogen) atoms. The van der Waals surface area contributed by atoms with E-state index in [-0.39, 0.29) is 24.4 Å². The van der Waals surface area contributed by atoms with E-state index in [9.17, 15) is 9.59 Å². The quantitative estimate of drug-likeness (QED) is 0.771. The van der Waals surface area contributed by atoms with Gasteiger partial charge in [-0.1, -0.05) is 18.2 Å². The smallest absolute Gasteiger partial charge is 0.244 e. The fourth-order valence-electron chi connectivity index (χ4n) is 3.24. The van der Waals surface area contributed by atoms with Crippen LogP contribution in [0.2, 0.25) is 0 Å². The minimum atomic E-state index is -0.378. The predicted molar refractivity (Wildman–Crippen MR) is 94.3 cm³/mol. The summed E-state index contributed by atoms with van der Waals surface area (Å²) in [5.41, 5.74) is 1.11. The van der Waals surface area contributed by atoms with Crippen molar-refractivity contribution in [3.63, 3.8) is 0 Å². The molecule has 2 aliphatic heterocycles. The number of piperazine rings is 2. The number of benzene rings is 1. The largest absolute Gasteiger partial charge is 0.492 e. The third-order valence-electron chi connectivity index (χ3n) is 4.66. The van der Waals surface area contributed by atoms with E-state index in [2.05, 4.69) is 21.2 Å². The van der Waals surface area contributed by atoms with Gasteiger partial charge in [0.1, 0.15) is 18.4 Å². The van der Waals surface area contributed by atoms with Crippen molar-refractivity contribution < 1.29 is 14.3 Å². The first kappa shape index (κ1) is 17.7. The third kappa shape index (κ3) is 4.29. The number of para-hydroxylation sites is 1. The number of rotatable bonds is 6. The van der Waals surface area contributed by atoms with Crippen molar-refractivity contribution in [2.45, 2.75) is 12.6 Å². The number of amides is 2. The number of nitrogens with one attached hydrogen (secondary N) is 1. The van der Waals surface area contributed by atoms with Crippen LogP contribution in [-0.2, 0) is 16.1 Å². The fourth-order valence-corrected chi connectivity index (χ4v) is 3.24. The van der Waals surface area contributed by atoms with Crippen LogP contribution in [0.15, 0.2) is 24.3 Å². The highest BCUT2D eigenvalue weighted by Crippen LogP contribution is 2.22. The summed E-state index contributed by atoms with van der Waals surface area (Å²) in [7, 11) is 4.04. The Labute approximate surface area is 148 Å². The summed E-state index contributed by atoms with van der Waals surface area (Å²) in [6.45, 7) is 4.25. The molecule has 1 aromatic carbocycles. The second-order valence-corrected chi connectivity index (χ2v) is 6.82. The zero-order valence-electron chi connectivity index (χ0n) is 14.9. The van der Waals surface area contributed by atoms with Crippen LogP contribution in [0, 0.1) is 0 Å². The Balaban J connectivity index is 1.63. The van der Waals surface area contributed by atoms with Crippen LogP contribution in [0.25, 0.3) is 0 Å². The molecule has 2 saturated heterocycles. The van der Waals surface area contributed by atoms with Crippen LogP contribution < -0.4 is 10.1 Å². The molecule has 0 radical (unpaired) electrons. The van der Waals surface area contributed by atoms with Gasteiger partial charge in [0.2, 0.25) is 11.8 Å². The molecule has 0 saturated carbocycles. The highest BCUT2D eigenvalue weighted by atomic mass is 16.5. The summed E-state index contributed by atoms with van der Waals surface area (Å²) < 4.78 is 5.92. The molecule has 3 rings (SSSR count). The topological polar surface area (TPSA) is 65.1 Å². The normalized spacial score (nSPS) is 21.2. The number of fused-ring (bicyclic) bond motifs is 1. The number of carbonyl (C=O) groups excluding carboxylic acids is 2. The Hall–Kier alpha value is -2.12. The lowest BCUT2D eigenvalue weighted by atomic mass is 10.1. The molecule has 2 aliphatic rings. The van der Waals surface area contributed by atoms with Gasteiger partial charge >= 0.3 is 0 Å². The molecule has 1 atom stereocenters. The number of ether oxygens (including phenoxy) is 1. The maximum absolute atomic E-state index is 12.1. The van der Waals surface area contributed by atoms with E-state index < -0.39 is 0 Å². The van der Waals surface area contributed by atoms with E-state index in [0.717, 1.165) is 24.4 Å². The number of likely N-dealkylation sites (N-methyl/N-ethyl adjacent to an activating group) is 1. The van der Waals surface area contributed by atoms with Crippen LogP contribution in [-0.4, -0.2) is 86.0 Å². The Morgan fingerprint density at radius 1 is 1.24 bits per heavy atom. The van der Waals surface area contributed by atoms with Gasteiger partial charge in [-0.05, 0) is 20.2 Å². The van der Waals surface area contributed by atoms with Crippen molar-refractivity contribution >= 4 is 11.8 Å². The molecule has 7 nitrogen and oxygen atoms in total. The number of carbonyl (C=O) groups is 2. The average Bonchev–Trinajstić information content (AvgIpc) is 2.59. The summed E-state index contributed by atoms with van der Waals surface area (Å²) in [6, 6.07) is 7.64. The van der Waals surface area contributed by atoms with Crippen LogP contribution in [0.4, 0.5) is 0 Å². The van der Waals surface area contributed by atoms with Gasteiger partial charge in [0.15, 0.2) is 0 Å². The first-order valence-electron chi connectivity index (χ1n) is 8.69. The Morgan fingerprint density at radius 2 is 2.04 bits per heavy atom. The molecule has 1 N–H and O–H groups in total. The summed E-state index contributed by atoms with van der Waals surface area (Å²) in [6.07, 6.45) is 0. The van der Waals surface area contributed by atoms with E-state index in [1.807, 2.05) is 32.3 Å². The van der Waals surface area contributed by atoms with Gasteiger partial charge in [-0.25, -0.2) is 0 Å². The molecule has 2 amide bonds. The first-order chi connectivity index (χ1) is 12.0. The van der Waals surface area contributed by atoms with E-state index in [1.54, 1.807) is 4.90 Å². The third-order valence-corrected chi connectivity index (χ3v) is 4.66. The van der Waals surface area contributed by atoms with Crippen molar-refractivity contribution in [3.05, 3.63) is 29.8 Å². The second kappa shape index (κ2) is 7.84. The van der Waals surface area contributed by atoms with Crippen molar-refractivity contribution in [1.82, 2.24) is 20.0 Å². The lowest BCUT2D eigenvalue weighted by molar-refractivity contribution is -0.149. The van der Waals surface area contributed by atoms with Crippen LogP contribution in [0.3, 0.4) is 0 Å². The zero-order chi connectivity index (χ0) is 17.8. The molecular weight excluding hydrogens is 320 g/mol. The lowest BCUT2D eigenvalue weighted by Crippen LogP contribution is -2.65.